The zero-order valence-corrected chi connectivity index (χ0v) is 8.56. The molecule has 1 saturated carbocycles. The molecule has 1 aliphatic rings. The maximum absolute atomic E-state index is 11.2. The van der Waals surface area contributed by atoms with Crippen LogP contribution in [0.15, 0.2) is 11.4 Å². The van der Waals surface area contributed by atoms with Gasteiger partial charge in [-0.2, -0.15) is 0 Å². The average Bonchev–Trinajstić information content (AvgIpc) is 2.45. The van der Waals surface area contributed by atoms with Gasteiger partial charge in [-0.1, -0.05) is 0 Å². The lowest BCUT2D eigenvalue weighted by atomic mass is 9.66. The molecule has 0 atom stereocenters. The van der Waals surface area contributed by atoms with E-state index in [1.165, 1.54) is 11.3 Å². The van der Waals surface area contributed by atoms with Crippen molar-refractivity contribution in [1.29, 1.82) is 0 Å². The molecule has 0 spiro atoms. The van der Waals surface area contributed by atoms with E-state index < -0.39 is 11.4 Å². The van der Waals surface area contributed by atoms with Crippen LogP contribution in [-0.2, 0) is 15.0 Å². The van der Waals surface area contributed by atoms with E-state index in [-0.39, 0.29) is 18.6 Å². The molecule has 1 aromatic rings. The van der Waals surface area contributed by atoms with Gasteiger partial charge in [0.25, 0.3) is 0 Å². The number of carbonyl (C=O) groups excluding carboxylic acids is 1. The summed E-state index contributed by atoms with van der Waals surface area (Å²) in [6.45, 7) is 1.89. The van der Waals surface area contributed by atoms with E-state index in [4.69, 9.17) is 5.11 Å². The Kier molecular flexibility index (Phi) is 1.96. The van der Waals surface area contributed by atoms with Crippen LogP contribution in [0.2, 0.25) is 0 Å². The summed E-state index contributed by atoms with van der Waals surface area (Å²) in [6.07, 6.45) is 0.313. The minimum absolute atomic E-state index is 0.0419. The number of hydrogen-bond acceptors (Lipinski definition) is 3. The van der Waals surface area contributed by atoms with E-state index in [0.717, 1.165) is 10.4 Å². The van der Waals surface area contributed by atoms with E-state index in [1.54, 1.807) is 0 Å². The van der Waals surface area contributed by atoms with Gasteiger partial charge in [0.2, 0.25) is 0 Å². The number of hydrogen-bond donors (Lipinski definition) is 1. The van der Waals surface area contributed by atoms with Gasteiger partial charge in [-0.25, -0.2) is 0 Å². The molecule has 4 heteroatoms. The summed E-state index contributed by atoms with van der Waals surface area (Å²) in [5.74, 6) is -0.831. The Bertz CT molecular complexity index is 397. The van der Waals surface area contributed by atoms with E-state index >= 15 is 0 Å². The average molecular weight is 210 g/mol. The number of ketones is 1. The minimum atomic E-state index is -0.907. The summed E-state index contributed by atoms with van der Waals surface area (Å²) in [5.41, 5.74) is 0.0694. The topological polar surface area (TPSA) is 54.4 Å². The van der Waals surface area contributed by atoms with Crippen LogP contribution < -0.4 is 0 Å². The van der Waals surface area contributed by atoms with Crippen molar-refractivity contribution >= 4 is 23.1 Å². The van der Waals surface area contributed by atoms with Crippen molar-refractivity contribution in [3.8, 4) is 0 Å². The van der Waals surface area contributed by atoms with Crippen molar-refractivity contribution in [3.05, 3.63) is 21.9 Å². The summed E-state index contributed by atoms with van der Waals surface area (Å²) in [4.78, 5) is 23.0. The van der Waals surface area contributed by atoms with E-state index in [9.17, 15) is 9.59 Å². The summed E-state index contributed by atoms with van der Waals surface area (Å²) in [7, 11) is 0. The molecule has 0 amide bonds. The standard InChI is InChI=1S/C10H10O3S/c1-6-2-3-14-8(6)10(9(12)13)4-7(11)5-10/h2-3H,4-5H2,1H3,(H,12,13). The minimum Gasteiger partial charge on any atom is -0.481 e. The Labute approximate surface area is 85.4 Å². The number of carboxylic acid groups (broad SMARTS) is 1. The van der Waals surface area contributed by atoms with Crippen LogP contribution in [0, 0.1) is 6.92 Å². The largest absolute Gasteiger partial charge is 0.481 e. The van der Waals surface area contributed by atoms with Gasteiger partial charge in [0, 0.05) is 17.7 Å². The summed E-state index contributed by atoms with van der Waals surface area (Å²) in [6, 6.07) is 1.90. The van der Waals surface area contributed by atoms with E-state index in [0.29, 0.717) is 0 Å². The van der Waals surface area contributed by atoms with Crippen LogP contribution in [0.5, 0.6) is 0 Å². The zero-order valence-electron chi connectivity index (χ0n) is 7.74. The molecule has 1 fully saturated rings. The Balaban J connectivity index is 2.44. The molecule has 0 saturated heterocycles. The number of carboxylic acids is 1. The smallest absolute Gasteiger partial charge is 0.315 e. The summed E-state index contributed by atoms with van der Waals surface area (Å²) >= 11 is 1.43. The molecule has 14 heavy (non-hydrogen) atoms. The van der Waals surface area contributed by atoms with Crippen molar-refractivity contribution in [2.75, 3.05) is 0 Å². The van der Waals surface area contributed by atoms with Gasteiger partial charge < -0.3 is 5.11 Å². The second-order valence-electron chi connectivity index (χ2n) is 3.71. The molecule has 3 nitrogen and oxygen atoms in total. The van der Waals surface area contributed by atoms with E-state index in [2.05, 4.69) is 0 Å². The fourth-order valence-corrected chi connectivity index (χ4v) is 3.01. The number of aliphatic carboxylic acids is 1. The molecule has 74 valence electrons. The van der Waals surface area contributed by atoms with Gasteiger partial charge in [0.15, 0.2) is 0 Å². The highest BCUT2D eigenvalue weighted by atomic mass is 32.1. The SMILES string of the molecule is Cc1ccsc1C1(C(=O)O)CC(=O)C1. The molecule has 0 bridgehead atoms. The molecule has 0 unspecified atom stereocenters. The molecular weight excluding hydrogens is 200 g/mol. The molecule has 2 rings (SSSR count). The number of aryl methyl sites for hydroxylation is 1. The number of thiophene rings is 1. The van der Waals surface area contributed by atoms with Crippen LogP contribution in [-0.4, -0.2) is 16.9 Å². The predicted octanol–water partition coefficient (Wildman–Crippen LogP) is 1.74. The molecular formula is C10H10O3S. The maximum Gasteiger partial charge on any atom is 0.315 e. The lowest BCUT2D eigenvalue weighted by Gasteiger charge is -2.35. The highest BCUT2D eigenvalue weighted by Crippen LogP contribution is 2.45. The fourth-order valence-electron chi connectivity index (χ4n) is 1.89. The molecule has 0 aromatic carbocycles. The zero-order chi connectivity index (χ0) is 10.3. The Hall–Kier alpha value is -1.16. The third-order valence-corrected chi connectivity index (χ3v) is 3.92. The van der Waals surface area contributed by atoms with Gasteiger partial charge in [0.05, 0.1) is 0 Å². The maximum atomic E-state index is 11.2. The first kappa shape index (κ1) is 9.40. The Morgan fingerprint density at radius 1 is 1.57 bits per heavy atom. The normalized spacial score (nSPS) is 19.1. The second-order valence-corrected chi connectivity index (χ2v) is 4.63. The third-order valence-electron chi connectivity index (χ3n) is 2.70. The molecule has 1 aromatic heterocycles. The molecule has 0 aliphatic heterocycles. The Morgan fingerprint density at radius 3 is 2.57 bits per heavy atom. The first-order valence-electron chi connectivity index (χ1n) is 4.36. The second kappa shape index (κ2) is 2.92. The predicted molar refractivity (Wildman–Crippen MR) is 52.6 cm³/mol. The van der Waals surface area contributed by atoms with Crippen molar-refractivity contribution < 1.29 is 14.7 Å². The monoisotopic (exact) mass is 210 g/mol. The van der Waals surface area contributed by atoms with E-state index in [1.807, 2.05) is 18.4 Å². The highest BCUT2D eigenvalue weighted by Gasteiger charge is 2.52. The summed E-state index contributed by atoms with van der Waals surface area (Å²) < 4.78 is 0. The first-order chi connectivity index (χ1) is 6.56. The van der Waals surface area contributed by atoms with Gasteiger partial charge in [-0.05, 0) is 23.9 Å². The van der Waals surface area contributed by atoms with Crippen molar-refractivity contribution in [1.82, 2.24) is 0 Å². The van der Waals surface area contributed by atoms with Gasteiger partial charge in [0.1, 0.15) is 11.2 Å². The van der Waals surface area contributed by atoms with Crippen LogP contribution in [0.25, 0.3) is 0 Å². The molecule has 0 radical (unpaired) electrons. The van der Waals surface area contributed by atoms with Crippen molar-refractivity contribution in [3.63, 3.8) is 0 Å². The number of carbonyl (C=O) groups is 2. The van der Waals surface area contributed by atoms with Crippen LogP contribution in [0.1, 0.15) is 23.3 Å². The quantitative estimate of drug-likeness (QED) is 0.809. The fraction of sp³-hybridized carbons (Fsp3) is 0.400. The molecule has 1 N–H and O–H groups in total. The third kappa shape index (κ3) is 1.10. The van der Waals surface area contributed by atoms with Crippen LogP contribution >= 0.6 is 11.3 Å². The number of Topliss-reactive ketones (excluding diaryl/α,β-unsaturated/α-hetero) is 1. The lowest BCUT2D eigenvalue weighted by molar-refractivity contribution is -0.153. The van der Waals surface area contributed by atoms with Gasteiger partial charge >= 0.3 is 5.97 Å². The summed E-state index contributed by atoms with van der Waals surface area (Å²) in [5, 5.41) is 11.0. The number of rotatable bonds is 2. The van der Waals surface area contributed by atoms with Crippen LogP contribution in [0.4, 0.5) is 0 Å². The Morgan fingerprint density at radius 2 is 2.21 bits per heavy atom. The lowest BCUT2D eigenvalue weighted by Crippen LogP contribution is -2.48. The molecule has 1 heterocycles. The van der Waals surface area contributed by atoms with Crippen LogP contribution in [0.3, 0.4) is 0 Å². The first-order valence-corrected chi connectivity index (χ1v) is 5.24. The van der Waals surface area contributed by atoms with Crippen molar-refractivity contribution in [2.45, 2.75) is 25.2 Å². The van der Waals surface area contributed by atoms with Gasteiger partial charge in [-0.3, -0.25) is 9.59 Å². The molecule has 1 aliphatic carbocycles. The highest BCUT2D eigenvalue weighted by molar-refractivity contribution is 7.10. The van der Waals surface area contributed by atoms with Gasteiger partial charge in [-0.15, -0.1) is 11.3 Å². The van der Waals surface area contributed by atoms with Crippen molar-refractivity contribution in [2.24, 2.45) is 0 Å².